The van der Waals surface area contributed by atoms with Crippen LogP contribution in [0.5, 0.6) is 11.5 Å². The molecule has 2 rings (SSSR count). The number of rotatable bonds is 8. The maximum absolute atomic E-state index is 5.35. The number of guanidine groups is 1. The largest absolute Gasteiger partial charge is 0.493 e. The predicted octanol–water partition coefficient (Wildman–Crippen LogP) is 2.69. The van der Waals surface area contributed by atoms with Gasteiger partial charge in [0, 0.05) is 40.4 Å². The Morgan fingerprint density at radius 1 is 1.04 bits per heavy atom. The maximum Gasteiger partial charge on any atom is 0.191 e. The normalized spacial score (nSPS) is 10.7. The summed E-state index contributed by atoms with van der Waals surface area (Å²) in [5.74, 6) is 3.18. The van der Waals surface area contributed by atoms with Gasteiger partial charge in [0.15, 0.2) is 17.5 Å². The molecule has 0 aliphatic carbocycles. The zero-order valence-corrected chi connectivity index (χ0v) is 19.5. The standard InChI is InChI=1S/C20H29N5O2.HI/c1-21-20(24-14-16-9-10-22-19(13-16)25(2)3)23-11-8-15-6-7-17(26-4)18(12-15)27-5;/h6-7,9-10,12-13H,8,11,14H2,1-5H3,(H2,21,23,24);1H. The van der Waals surface area contributed by atoms with Gasteiger partial charge in [0.05, 0.1) is 14.2 Å². The zero-order chi connectivity index (χ0) is 19.6. The lowest BCUT2D eigenvalue weighted by atomic mass is 10.1. The Bertz CT molecular complexity index is 768. The van der Waals surface area contributed by atoms with Crippen LogP contribution in [0.3, 0.4) is 0 Å². The molecule has 0 aliphatic heterocycles. The molecule has 2 N–H and O–H groups in total. The third kappa shape index (κ3) is 7.06. The number of aliphatic imine (C=N–C) groups is 1. The third-order valence-corrected chi connectivity index (χ3v) is 4.11. The highest BCUT2D eigenvalue weighted by molar-refractivity contribution is 14.0. The molecule has 0 radical (unpaired) electrons. The summed E-state index contributed by atoms with van der Waals surface area (Å²) < 4.78 is 10.6. The Morgan fingerprint density at radius 3 is 2.43 bits per heavy atom. The highest BCUT2D eigenvalue weighted by atomic mass is 127. The first-order valence-corrected chi connectivity index (χ1v) is 8.85. The monoisotopic (exact) mass is 499 g/mol. The second-order valence-corrected chi connectivity index (χ2v) is 6.21. The van der Waals surface area contributed by atoms with E-state index < -0.39 is 0 Å². The summed E-state index contributed by atoms with van der Waals surface area (Å²) in [7, 11) is 9.01. The summed E-state index contributed by atoms with van der Waals surface area (Å²) in [6.45, 7) is 1.44. The molecule has 28 heavy (non-hydrogen) atoms. The van der Waals surface area contributed by atoms with Gasteiger partial charge in [-0.15, -0.1) is 24.0 Å². The van der Waals surface area contributed by atoms with Crippen molar-refractivity contribution in [2.75, 3.05) is 46.8 Å². The van der Waals surface area contributed by atoms with Gasteiger partial charge in [-0.2, -0.15) is 0 Å². The number of aromatic nitrogens is 1. The third-order valence-electron chi connectivity index (χ3n) is 4.11. The summed E-state index contributed by atoms with van der Waals surface area (Å²) in [5.41, 5.74) is 2.32. The first-order valence-electron chi connectivity index (χ1n) is 8.85. The van der Waals surface area contributed by atoms with E-state index in [2.05, 4.69) is 26.7 Å². The molecule has 0 spiro atoms. The molecular formula is C20H30IN5O2. The summed E-state index contributed by atoms with van der Waals surface area (Å²) in [6, 6.07) is 10.0. The van der Waals surface area contributed by atoms with Crippen molar-refractivity contribution in [2.45, 2.75) is 13.0 Å². The number of anilines is 1. The quantitative estimate of drug-likeness (QED) is 0.331. The molecule has 0 aliphatic rings. The minimum atomic E-state index is 0. The minimum Gasteiger partial charge on any atom is -0.493 e. The molecule has 0 saturated carbocycles. The number of hydrogen-bond acceptors (Lipinski definition) is 5. The van der Waals surface area contributed by atoms with E-state index in [1.807, 2.05) is 49.5 Å². The minimum absolute atomic E-state index is 0. The second kappa shape index (κ2) is 12.3. The molecule has 8 heteroatoms. The average Bonchev–Trinajstić information content (AvgIpc) is 2.70. The van der Waals surface area contributed by atoms with Crippen LogP contribution in [-0.2, 0) is 13.0 Å². The molecule has 7 nitrogen and oxygen atoms in total. The molecule has 0 saturated heterocycles. The van der Waals surface area contributed by atoms with E-state index in [0.29, 0.717) is 6.54 Å². The summed E-state index contributed by atoms with van der Waals surface area (Å²) >= 11 is 0. The fourth-order valence-corrected chi connectivity index (χ4v) is 2.58. The van der Waals surface area contributed by atoms with Crippen LogP contribution in [0.2, 0.25) is 0 Å². The van der Waals surface area contributed by atoms with Gasteiger partial charge in [-0.25, -0.2) is 4.98 Å². The van der Waals surface area contributed by atoms with Gasteiger partial charge in [-0.1, -0.05) is 6.07 Å². The Kier molecular flexibility index (Phi) is 10.4. The summed E-state index contributed by atoms with van der Waals surface area (Å²) in [4.78, 5) is 10.6. The molecular weight excluding hydrogens is 469 g/mol. The van der Waals surface area contributed by atoms with Crippen molar-refractivity contribution in [3.63, 3.8) is 0 Å². The van der Waals surface area contributed by atoms with Crippen LogP contribution in [0.25, 0.3) is 0 Å². The topological polar surface area (TPSA) is 71.0 Å². The molecule has 0 atom stereocenters. The number of halogens is 1. The average molecular weight is 499 g/mol. The Balaban J connectivity index is 0.00000392. The van der Waals surface area contributed by atoms with Crippen molar-refractivity contribution in [1.82, 2.24) is 15.6 Å². The number of pyridine rings is 1. The van der Waals surface area contributed by atoms with Crippen LogP contribution in [0.4, 0.5) is 5.82 Å². The van der Waals surface area contributed by atoms with E-state index in [1.54, 1.807) is 21.3 Å². The van der Waals surface area contributed by atoms with Crippen molar-refractivity contribution in [3.05, 3.63) is 47.7 Å². The van der Waals surface area contributed by atoms with E-state index in [1.165, 1.54) is 5.56 Å². The molecule has 0 unspecified atom stereocenters. The van der Waals surface area contributed by atoms with Gasteiger partial charge in [-0.3, -0.25) is 4.99 Å². The SMILES string of the molecule is CN=C(NCCc1ccc(OC)c(OC)c1)NCc1ccnc(N(C)C)c1.I. The van der Waals surface area contributed by atoms with E-state index >= 15 is 0 Å². The van der Waals surface area contributed by atoms with Crippen LogP contribution < -0.4 is 25.0 Å². The first-order chi connectivity index (χ1) is 13.1. The number of ether oxygens (including phenoxy) is 2. The molecule has 154 valence electrons. The van der Waals surface area contributed by atoms with Crippen LogP contribution in [0.15, 0.2) is 41.5 Å². The van der Waals surface area contributed by atoms with Gasteiger partial charge in [-0.05, 0) is 41.8 Å². The lowest BCUT2D eigenvalue weighted by molar-refractivity contribution is 0.354. The highest BCUT2D eigenvalue weighted by Crippen LogP contribution is 2.27. The fraction of sp³-hybridized carbons (Fsp3) is 0.400. The van der Waals surface area contributed by atoms with Crippen LogP contribution >= 0.6 is 24.0 Å². The lowest BCUT2D eigenvalue weighted by Crippen LogP contribution is -2.37. The van der Waals surface area contributed by atoms with Gasteiger partial charge >= 0.3 is 0 Å². The van der Waals surface area contributed by atoms with Gasteiger partial charge in [0.25, 0.3) is 0 Å². The van der Waals surface area contributed by atoms with E-state index in [4.69, 9.17) is 9.47 Å². The van der Waals surface area contributed by atoms with Gasteiger partial charge < -0.3 is 25.0 Å². The molecule has 1 aromatic heterocycles. The zero-order valence-electron chi connectivity index (χ0n) is 17.2. The van der Waals surface area contributed by atoms with Crippen molar-refractivity contribution in [1.29, 1.82) is 0 Å². The van der Waals surface area contributed by atoms with Gasteiger partial charge in [0.2, 0.25) is 0 Å². The molecule has 0 amide bonds. The Hall–Kier alpha value is -2.23. The number of methoxy groups -OCH3 is 2. The number of benzene rings is 1. The molecule has 0 bridgehead atoms. The summed E-state index contributed by atoms with van der Waals surface area (Å²) in [5, 5.41) is 6.66. The van der Waals surface area contributed by atoms with Crippen molar-refractivity contribution >= 4 is 35.8 Å². The van der Waals surface area contributed by atoms with Gasteiger partial charge in [0.1, 0.15) is 5.82 Å². The van der Waals surface area contributed by atoms with E-state index in [0.717, 1.165) is 41.8 Å². The van der Waals surface area contributed by atoms with Crippen LogP contribution in [0, 0.1) is 0 Å². The Morgan fingerprint density at radius 2 is 1.79 bits per heavy atom. The first kappa shape index (κ1) is 23.8. The smallest absolute Gasteiger partial charge is 0.191 e. The van der Waals surface area contributed by atoms with Crippen molar-refractivity contribution < 1.29 is 9.47 Å². The van der Waals surface area contributed by atoms with E-state index in [9.17, 15) is 0 Å². The number of hydrogen-bond donors (Lipinski definition) is 2. The molecule has 2 aromatic rings. The van der Waals surface area contributed by atoms with Crippen LogP contribution in [-0.4, -0.2) is 52.9 Å². The van der Waals surface area contributed by atoms with Crippen LogP contribution in [0.1, 0.15) is 11.1 Å². The lowest BCUT2D eigenvalue weighted by Gasteiger charge is -2.15. The predicted molar refractivity (Wildman–Crippen MR) is 125 cm³/mol. The maximum atomic E-state index is 5.35. The number of nitrogens with one attached hydrogen (secondary N) is 2. The number of nitrogens with zero attached hydrogens (tertiary/aromatic N) is 3. The highest BCUT2D eigenvalue weighted by Gasteiger charge is 2.05. The van der Waals surface area contributed by atoms with Crippen molar-refractivity contribution in [2.24, 2.45) is 4.99 Å². The fourth-order valence-electron chi connectivity index (χ4n) is 2.58. The molecule has 1 aromatic carbocycles. The van der Waals surface area contributed by atoms with Crippen molar-refractivity contribution in [3.8, 4) is 11.5 Å². The Labute approximate surface area is 184 Å². The van der Waals surface area contributed by atoms with E-state index in [-0.39, 0.29) is 24.0 Å². The molecule has 1 heterocycles. The second-order valence-electron chi connectivity index (χ2n) is 6.21. The summed E-state index contributed by atoms with van der Waals surface area (Å²) in [6.07, 6.45) is 2.67. The molecule has 0 fully saturated rings.